The Kier molecular flexibility index (Phi) is 12.8. The Morgan fingerprint density at radius 3 is 2.73 bits per heavy atom. The highest BCUT2D eigenvalue weighted by molar-refractivity contribution is 14.0. The van der Waals surface area contributed by atoms with Gasteiger partial charge in [0, 0.05) is 42.9 Å². The predicted octanol–water partition coefficient (Wildman–Crippen LogP) is 4.59. The first-order valence-corrected chi connectivity index (χ1v) is 11.4. The van der Waals surface area contributed by atoms with Gasteiger partial charge in [-0.25, -0.2) is 0 Å². The minimum absolute atomic E-state index is 0. The summed E-state index contributed by atoms with van der Waals surface area (Å²) in [7, 11) is 0. The van der Waals surface area contributed by atoms with E-state index in [4.69, 9.17) is 4.99 Å². The van der Waals surface area contributed by atoms with Crippen LogP contribution in [0, 0.1) is 5.92 Å². The first kappa shape index (κ1) is 23.9. The lowest BCUT2D eigenvalue weighted by Crippen LogP contribution is -2.38. The number of hydrogen-bond acceptors (Lipinski definition) is 3. The number of nitrogens with zero attached hydrogens (tertiary/aromatic N) is 2. The van der Waals surface area contributed by atoms with E-state index in [2.05, 4.69) is 68.9 Å². The fourth-order valence-corrected chi connectivity index (χ4v) is 3.77. The average molecular weight is 555 g/mol. The van der Waals surface area contributed by atoms with Gasteiger partial charge in [0.25, 0.3) is 0 Å². The lowest BCUT2D eigenvalue weighted by Gasteiger charge is -2.18. The third kappa shape index (κ3) is 8.69. The molecule has 4 nitrogen and oxygen atoms in total. The van der Waals surface area contributed by atoms with Crippen LogP contribution in [-0.4, -0.2) is 50.7 Å². The van der Waals surface area contributed by atoms with Crippen LogP contribution in [-0.2, 0) is 0 Å². The van der Waals surface area contributed by atoms with E-state index in [1.54, 1.807) is 0 Å². The van der Waals surface area contributed by atoms with E-state index < -0.39 is 0 Å². The first-order valence-electron chi connectivity index (χ1n) is 9.24. The number of thioether (sulfide) groups is 1. The number of benzene rings is 1. The third-order valence-electron chi connectivity index (χ3n) is 4.40. The molecule has 2 rings (SSSR count). The number of guanidine groups is 1. The summed E-state index contributed by atoms with van der Waals surface area (Å²) in [5.74, 6) is 2.84. The SMILES string of the molecule is CCNC(=NCC1CCN(c2ccc(Br)cc2)C1)NCCCCSC.I. The summed E-state index contributed by atoms with van der Waals surface area (Å²) in [6.45, 7) is 7.15. The van der Waals surface area contributed by atoms with Crippen LogP contribution >= 0.6 is 51.7 Å². The minimum Gasteiger partial charge on any atom is -0.371 e. The van der Waals surface area contributed by atoms with Gasteiger partial charge in [0.1, 0.15) is 0 Å². The van der Waals surface area contributed by atoms with Gasteiger partial charge in [-0.2, -0.15) is 11.8 Å². The van der Waals surface area contributed by atoms with Gasteiger partial charge in [-0.1, -0.05) is 15.9 Å². The van der Waals surface area contributed by atoms with Crippen molar-refractivity contribution in [1.82, 2.24) is 10.6 Å². The van der Waals surface area contributed by atoms with Crippen molar-refractivity contribution in [3.63, 3.8) is 0 Å². The van der Waals surface area contributed by atoms with E-state index in [1.165, 1.54) is 30.7 Å². The molecule has 1 aliphatic heterocycles. The van der Waals surface area contributed by atoms with Crippen molar-refractivity contribution < 1.29 is 0 Å². The molecule has 1 aliphatic rings. The molecule has 0 aromatic heterocycles. The monoisotopic (exact) mass is 554 g/mol. The number of rotatable bonds is 9. The molecule has 0 spiro atoms. The summed E-state index contributed by atoms with van der Waals surface area (Å²) in [5, 5.41) is 6.82. The van der Waals surface area contributed by atoms with Crippen molar-refractivity contribution in [2.75, 3.05) is 49.6 Å². The van der Waals surface area contributed by atoms with E-state index in [-0.39, 0.29) is 24.0 Å². The molecule has 1 unspecified atom stereocenters. The summed E-state index contributed by atoms with van der Waals surface area (Å²) >= 11 is 5.42. The van der Waals surface area contributed by atoms with Gasteiger partial charge in [-0.3, -0.25) is 4.99 Å². The molecule has 7 heteroatoms. The molecular weight excluding hydrogens is 523 g/mol. The largest absolute Gasteiger partial charge is 0.371 e. The van der Waals surface area contributed by atoms with Crippen LogP contribution in [0.2, 0.25) is 0 Å². The number of unbranched alkanes of at least 4 members (excludes halogenated alkanes) is 1. The van der Waals surface area contributed by atoms with Crippen LogP contribution < -0.4 is 15.5 Å². The summed E-state index contributed by atoms with van der Waals surface area (Å²) in [5.41, 5.74) is 1.31. The highest BCUT2D eigenvalue weighted by Crippen LogP contribution is 2.25. The zero-order valence-corrected chi connectivity index (χ0v) is 20.6. The third-order valence-corrected chi connectivity index (χ3v) is 5.62. The Morgan fingerprint density at radius 1 is 1.27 bits per heavy atom. The maximum Gasteiger partial charge on any atom is 0.191 e. The molecule has 148 valence electrons. The fraction of sp³-hybridized carbons (Fsp3) is 0.632. The molecule has 1 aromatic carbocycles. The normalized spacial score (nSPS) is 17.1. The zero-order chi connectivity index (χ0) is 17.9. The van der Waals surface area contributed by atoms with Crippen LogP contribution in [0.5, 0.6) is 0 Å². The molecule has 1 atom stereocenters. The quantitative estimate of drug-likeness (QED) is 0.203. The summed E-state index contributed by atoms with van der Waals surface area (Å²) in [6.07, 6.45) is 5.84. The van der Waals surface area contributed by atoms with Crippen LogP contribution in [0.15, 0.2) is 33.7 Å². The Hall–Kier alpha value is -0.150. The number of halogens is 2. The highest BCUT2D eigenvalue weighted by atomic mass is 127. The second-order valence-electron chi connectivity index (χ2n) is 6.42. The number of aliphatic imine (C=N–C) groups is 1. The van der Waals surface area contributed by atoms with E-state index in [0.29, 0.717) is 5.92 Å². The maximum atomic E-state index is 4.81. The van der Waals surface area contributed by atoms with Crippen LogP contribution in [0.25, 0.3) is 0 Å². The second kappa shape index (κ2) is 13.9. The van der Waals surface area contributed by atoms with Crippen LogP contribution in [0.1, 0.15) is 26.2 Å². The van der Waals surface area contributed by atoms with Crippen LogP contribution in [0.4, 0.5) is 5.69 Å². The molecular formula is C19H32BrIN4S. The molecule has 1 fully saturated rings. The van der Waals surface area contributed by atoms with Gasteiger partial charge in [-0.15, -0.1) is 24.0 Å². The van der Waals surface area contributed by atoms with E-state index in [0.717, 1.165) is 43.2 Å². The van der Waals surface area contributed by atoms with Crippen LogP contribution in [0.3, 0.4) is 0 Å². The Labute approximate surface area is 188 Å². The van der Waals surface area contributed by atoms with Crippen molar-refractivity contribution in [1.29, 1.82) is 0 Å². The van der Waals surface area contributed by atoms with Crippen molar-refractivity contribution in [2.45, 2.75) is 26.2 Å². The molecule has 0 amide bonds. The second-order valence-corrected chi connectivity index (χ2v) is 8.32. The molecule has 1 heterocycles. The van der Waals surface area contributed by atoms with E-state index in [9.17, 15) is 0 Å². The molecule has 0 bridgehead atoms. The Bertz CT molecular complexity index is 527. The van der Waals surface area contributed by atoms with E-state index in [1.807, 2.05) is 11.8 Å². The van der Waals surface area contributed by atoms with Gasteiger partial charge >= 0.3 is 0 Å². The Balaban J connectivity index is 0.00000338. The van der Waals surface area contributed by atoms with Gasteiger partial charge in [0.15, 0.2) is 5.96 Å². The van der Waals surface area contributed by atoms with Crippen molar-refractivity contribution in [3.05, 3.63) is 28.7 Å². The zero-order valence-electron chi connectivity index (χ0n) is 15.8. The average Bonchev–Trinajstić information content (AvgIpc) is 3.09. The fourth-order valence-electron chi connectivity index (χ4n) is 3.01. The molecule has 0 saturated carbocycles. The molecule has 1 saturated heterocycles. The van der Waals surface area contributed by atoms with Crippen molar-refractivity contribution in [2.24, 2.45) is 10.9 Å². The van der Waals surface area contributed by atoms with Crippen molar-refractivity contribution in [3.8, 4) is 0 Å². The predicted molar refractivity (Wildman–Crippen MR) is 131 cm³/mol. The van der Waals surface area contributed by atoms with Gasteiger partial charge in [0.05, 0.1) is 0 Å². The molecule has 1 aromatic rings. The van der Waals surface area contributed by atoms with Crippen molar-refractivity contribution >= 4 is 63.3 Å². The molecule has 0 aliphatic carbocycles. The van der Waals surface area contributed by atoms with E-state index >= 15 is 0 Å². The summed E-state index contributed by atoms with van der Waals surface area (Å²) < 4.78 is 1.13. The number of anilines is 1. The lowest BCUT2D eigenvalue weighted by molar-refractivity contribution is 0.598. The highest BCUT2D eigenvalue weighted by Gasteiger charge is 2.22. The van der Waals surface area contributed by atoms with Gasteiger partial charge in [-0.05, 0) is 68.4 Å². The van der Waals surface area contributed by atoms with Gasteiger partial charge in [0.2, 0.25) is 0 Å². The Morgan fingerprint density at radius 2 is 2.04 bits per heavy atom. The minimum atomic E-state index is 0. The first-order chi connectivity index (χ1) is 12.2. The lowest BCUT2D eigenvalue weighted by atomic mass is 10.1. The number of hydrogen-bond donors (Lipinski definition) is 2. The molecule has 0 radical (unpaired) electrons. The smallest absolute Gasteiger partial charge is 0.191 e. The molecule has 2 N–H and O–H groups in total. The number of nitrogens with one attached hydrogen (secondary N) is 2. The van der Waals surface area contributed by atoms with Gasteiger partial charge < -0.3 is 15.5 Å². The standard InChI is InChI=1S/C19H31BrN4S.HI/c1-3-21-19(22-11-4-5-13-25-2)23-14-16-10-12-24(15-16)18-8-6-17(20)7-9-18;/h6-9,16H,3-5,10-15H2,1-2H3,(H2,21,22,23);1H. The topological polar surface area (TPSA) is 39.7 Å². The summed E-state index contributed by atoms with van der Waals surface area (Å²) in [6, 6.07) is 8.61. The maximum absolute atomic E-state index is 4.81. The summed E-state index contributed by atoms with van der Waals surface area (Å²) in [4.78, 5) is 7.28. The molecule has 26 heavy (non-hydrogen) atoms.